The molecular formula is C11H11FN2O3. The van der Waals surface area contributed by atoms with E-state index in [1.807, 2.05) is 0 Å². The Morgan fingerprint density at radius 3 is 2.53 bits per heavy atom. The number of hydrogen-bond acceptors (Lipinski definition) is 4. The van der Waals surface area contributed by atoms with Gasteiger partial charge in [-0.05, 0) is 6.07 Å². The van der Waals surface area contributed by atoms with Crippen LogP contribution in [0.3, 0.4) is 0 Å². The van der Waals surface area contributed by atoms with Gasteiger partial charge in [0.05, 0.1) is 4.92 Å². The molecule has 0 aromatic heterocycles. The number of rotatable bonds is 2. The van der Waals surface area contributed by atoms with E-state index < -0.39 is 10.7 Å². The molecule has 0 atom stereocenters. The Morgan fingerprint density at radius 1 is 1.29 bits per heavy atom. The summed E-state index contributed by atoms with van der Waals surface area (Å²) in [4.78, 5) is 23.1. The SMILES string of the molecule is O=C1CCN(c2cc(F)ccc2[N+](=O)[O-])CC1. The van der Waals surface area contributed by atoms with E-state index in [0.717, 1.165) is 18.2 Å². The van der Waals surface area contributed by atoms with Crippen molar-refractivity contribution in [3.8, 4) is 0 Å². The van der Waals surface area contributed by atoms with Crippen molar-refractivity contribution in [2.45, 2.75) is 12.8 Å². The summed E-state index contributed by atoms with van der Waals surface area (Å²) in [6, 6.07) is 3.37. The van der Waals surface area contributed by atoms with Crippen LogP contribution in [0.5, 0.6) is 0 Å². The highest BCUT2D eigenvalue weighted by Gasteiger charge is 2.23. The second-order valence-electron chi connectivity index (χ2n) is 3.92. The van der Waals surface area contributed by atoms with E-state index >= 15 is 0 Å². The standard InChI is InChI=1S/C11H11FN2O3/c12-8-1-2-10(14(16)17)11(7-8)13-5-3-9(15)4-6-13/h1-2,7H,3-6H2. The average Bonchev–Trinajstić information content (AvgIpc) is 2.29. The molecule has 17 heavy (non-hydrogen) atoms. The number of Topliss-reactive ketones (excluding diaryl/α,β-unsaturated/α-hetero) is 1. The van der Waals surface area contributed by atoms with Crippen molar-refractivity contribution in [2.75, 3.05) is 18.0 Å². The first-order chi connectivity index (χ1) is 8.08. The Hall–Kier alpha value is -1.98. The highest BCUT2D eigenvalue weighted by Crippen LogP contribution is 2.30. The van der Waals surface area contributed by atoms with Crippen LogP contribution >= 0.6 is 0 Å². The number of ketones is 1. The van der Waals surface area contributed by atoms with Gasteiger partial charge >= 0.3 is 0 Å². The molecule has 1 heterocycles. The summed E-state index contributed by atoms with van der Waals surface area (Å²) < 4.78 is 13.1. The second-order valence-corrected chi connectivity index (χ2v) is 3.92. The van der Waals surface area contributed by atoms with Crippen LogP contribution in [-0.4, -0.2) is 23.8 Å². The fourth-order valence-electron chi connectivity index (χ4n) is 1.90. The van der Waals surface area contributed by atoms with E-state index in [0.29, 0.717) is 25.9 Å². The van der Waals surface area contributed by atoms with Crippen LogP contribution in [0.2, 0.25) is 0 Å². The highest BCUT2D eigenvalue weighted by molar-refractivity contribution is 5.81. The van der Waals surface area contributed by atoms with Gasteiger partial charge in [0.2, 0.25) is 0 Å². The first-order valence-corrected chi connectivity index (χ1v) is 5.28. The van der Waals surface area contributed by atoms with Crippen molar-refractivity contribution in [1.82, 2.24) is 0 Å². The maximum absolute atomic E-state index is 13.1. The Bertz CT molecular complexity index is 466. The summed E-state index contributed by atoms with van der Waals surface area (Å²) in [6.45, 7) is 0.812. The molecule has 0 bridgehead atoms. The molecule has 6 heteroatoms. The predicted octanol–water partition coefficient (Wildman–Crippen LogP) is 1.90. The van der Waals surface area contributed by atoms with Gasteiger partial charge in [0.15, 0.2) is 0 Å². The number of halogens is 1. The molecule has 0 unspecified atom stereocenters. The van der Waals surface area contributed by atoms with Gasteiger partial charge in [0, 0.05) is 38.1 Å². The Morgan fingerprint density at radius 2 is 1.94 bits per heavy atom. The molecule has 5 nitrogen and oxygen atoms in total. The van der Waals surface area contributed by atoms with Crippen LogP contribution < -0.4 is 4.90 Å². The molecular weight excluding hydrogens is 227 g/mol. The summed E-state index contributed by atoms with van der Waals surface area (Å²) in [7, 11) is 0. The van der Waals surface area contributed by atoms with Gasteiger partial charge in [-0.3, -0.25) is 14.9 Å². The molecule has 1 fully saturated rings. The minimum absolute atomic E-state index is 0.124. The highest BCUT2D eigenvalue weighted by atomic mass is 19.1. The summed E-state index contributed by atoms with van der Waals surface area (Å²) in [5.41, 5.74) is 0.128. The smallest absolute Gasteiger partial charge is 0.292 e. The Labute approximate surface area is 97.0 Å². The van der Waals surface area contributed by atoms with Crippen LogP contribution in [0.15, 0.2) is 18.2 Å². The molecule has 90 valence electrons. The quantitative estimate of drug-likeness (QED) is 0.583. The molecule has 0 radical (unpaired) electrons. The van der Waals surface area contributed by atoms with Crippen molar-refractivity contribution in [2.24, 2.45) is 0 Å². The summed E-state index contributed by atoms with van der Waals surface area (Å²) in [5, 5.41) is 10.8. The largest absolute Gasteiger partial charge is 0.365 e. The third-order valence-corrected chi connectivity index (χ3v) is 2.80. The molecule has 0 saturated carbocycles. The van der Waals surface area contributed by atoms with Gasteiger partial charge in [0.1, 0.15) is 17.3 Å². The van der Waals surface area contributed by atoms with Gasteiger partial charge in [0.25, 0.3) is 5.69 Å². The van der Waals surface area contributed by atoms with Crippen LogP contribution in [0, 0.1) is 15.9 Å². The number of nitro benzene ring substituents is 1. The fourth-order valence-corrected chi connectivity index (χ4v) is 1.90. The van der Waals surface area contributed by atoms with E-state index in [2.05, 4.69) is 0 Å². The van der Waals surface area contributed by atoms with Crippen molar-refractivity contribution >= 4 is 17.2 Å². The van der Waals surface area contributed by atoms with E-state index in [1.165, 1.54) is 0 Å². The number of anilines is 1. The molecule has 1 aromatic rings. The molecule has 1 saturated heterocycles. The lowest BCUT2D eigenvalue weighted by Crippen LogP contribution is -2.34. The van der Waals surface area contributed by atoms with Crippen molar-refractivity contribution in [3.63, 3.8) is 0 Å². The fraction of sp³-hybridized carbons (Fsp3) is 0.364. The molecule has 0 aliphatic carbocycles. The molecule has 0 amide bonds. The number of nitro groups is 1. The number of carbonyl (C=O) groups is 1. The molecule has 1 aromatic carbocycles. The van der Waals surface area contributed by atoms with E-state index in [-0.39, 0.29) is 17.2 Å². The minimum Gasteiger partial charge on any atom is -0.365 e. The van der Waals surface area contributed by atoms with Gasteiger partial charge < -0.3 is 4.90 Å². The van der Waals surface area contributed by atoms with E-state index in [4.69, 9.17) is 0 Å². The summed E-state index contributed by atoms with van der Waals surface area (Å²) >= 11 is 0. The lowest BCUT2D eigenvalue weighted by Gasteiger charge is -2.27. The maximum atomic E-state index is 13.1. The van der Waals surface area contributed by atoms with E-state index in [1.54, 1.807) is 4.90 Å². The number of hydrogen-bond donors (Lipinski definition) is 0. The zero-order valence-corrected chi connectivity index (χ0v) is 9.06. The van der Waals surface area contributed by atoms with Gasteiger partial charge in [-0.25, -0.2) is 4.39 Å². The molecule has 1 aliphatic rings. The summed E-state index contributed by atoms with van der Waals surface area (Å²) in [5.74, 6) is -0.372. The third-order valence-electron chi connectivity index (χ3n) is 2.80. The number of benzene rings is 1. The van der Waals surface area contributed by atoms with Crippen LogP contribution in [0.4, 0.5) is 15.8 Å². The van der Waals surface area contributed by atoms with Gasteiger partial charge in [-0.1, -0.05) is 0 Å². The lowest BCUT2D eigenvalue weighted by atomic mass is 10.1. The van der Waals surface area contributed by atoms with Crippen LogP contribution in [-0.2, 0) is 4.79 Å². The van der Waals surface area contributed by atoms with Crippen molar-refractivity contribution in [3.05, 3.63) is 34.1 Å². The number of carbonyl (C=O) groups excluding carboxylic acids is 1. The van der Waals surface area contributed by atoms with Crippen molar-refractivity contribution < 1.29 is 14.1 Å². The average molecular weight is 238 g/mol. The van der Waals surface area contributed by atoms with Crippen LogP contribution in [0.1, 0.15) is 12.8 Å². The molecule has 2 rings (SSSR count). The van der Waals surface area contributed by atoms with Gasteiger partial charge in [-0.2, -0.15) is 0 Å². The maximum Gasteiger partial charge on any atom is 0.292 e. The zero-order valence-electron chi connectivity index (χ0n) is 9.06. The third kappa shape index (κ3) is 2.41. The molecule has 1 aliphatic heterocycles. The van der Waals surface area contributed by atoms with Gasteiger partial charge in [-0.15, -0.1) is 0 Å². The monoisotopic (exact) mass is 238 g/mol. The van der Waals surface area contributed by atoms with Crippen LogP contribution in [0.25, 0.3) is 0 Å². The molecule has 0 N–H and O–H groups in total. The zero-order chi connectivity index (χ0) is 12.4. The first-order valence-electron chi connectivity index (χ1n) is 5.28. The minimum atomic E-state index is -0.537. The van der Waals surface area contributed by atoms with E-state index in [9.17, 15) is 19.3 Å². The summed E-state index contributed by atoms with van der Waals surface area (Å²) in [6.07, 6.45) is 0.710. The molecule has 0 spiro atoms. The normalized spacial score (nSPS) is 16.1. The topological polar surface area (TPSA) is 63.5 Å². The predicted molar refractivity (Wildman–Crippen MR) is 59.5 cm³/mol. The first kappa shape index (κ1) is 11.5. The van der Waals surface area contributed by atoms with Crippen molar-refractivity contribution in [1.29, 1.82) is 0 Å². The number of nitrogens with zero attached hydrogens (tertiary/aromatic N) is 2. The Balaban J connectivity index is 2.33. The second kappa shape index (κ2) is 4.48. The Kier molecular flexibility index (Phi) is 3.03. The lowest BCUT2D eigenvalue weighted by molar-refractivity contribution is -0.384. The number of piperidine rings is 1.